The average Bonchev–Trinajstić information content (AvgIpc) is 2.05. The van der Waals surface area contributed by atoms with Crippen molar-refractivity contribution in [2.45, 2.75) is 31.8 Å². The Kier molecular flexibility index (Phi) is 1.97. The molecule has 3 unspecified atom stereocenters. The van der Waals surface area contributed by atoms with Gasteiger partial charge >= 0.3 is 0 Å². The third-order valence-electron chi connectivity index (χ3n) is 3.47. The van der Waals surface area contributed by atoms with E-state index in [9.17, 15) is 10.2 Å². The molecule has 0 aromatic carbocycles. The fourth-order valence-electron chi connectivity index (χ4n) is 2.59. The molecule has 1 fully saturated rings. The van der Waals surface area contributed by atoms with E-state index < -0.39 is 0 Å². The third kappa shape index (κ3) is 1.02. The summed E-state index contributed by atoms with van der Waals surface area (Å²) in [6, 6.07) is 0. The van der Waals surface area contributed by atoms with Crippen LogP contribution < -0.4 is 0 Å². The van der Waals surface area contributed by atoms with Gasteiger partial charge < -0.3 is 10.2 Å². The highest BCUT2D eigenvalue weighted by molar-refractivity contribution is 5.09. The quantitative estimate of drug-likeness (QED) is 0.575. The number of fused-ring (bicyclic) bond motifs is 2. The van der Waals surface area contributed by atoms with Crippen LogP contribution in [0.1, 0.15) is 25.7 Å². The van der Waals surface area contributed by atoms with Crippen molar-refractivity contribution >= 4 is 0 Å². The van der Waals surface area contributed by atoms with Crippen molar-refractivity contribution in [3.8, 4) is 0 Å². The lowest BCUT2D eigenvalue weighted by Crippen LogP contribution is -2.47. The summed E-state index contributed by atoms with van der Waals surface area (Å²) in [6.45, 7) is 0.134. The number of rotatable bonds is 1. The molecule has 0 aliphatic heterocycles. The Labute approximate surface area is 72.9 Å². The van der Waals surface area contributed by atoms with E-state index in [2.05, 4.69) is 12.2 Å². The fraction of sp³-hybridized carbons (Fsp3) is 0.800. The second-order valence-electron chi connectivity index (χ2n) is 4.15. The predicted octanol–water partition coefficient (Wildman–Crippen LogP) is 1.09. The molecule has 2 aliphatic rings. The van der Waals surface area contributed by atoms with E-state index in [-0.39, 0.29) is 18.1 Å². The molecule has 0 amide bonds. The van der Waals surface area contributed by atoms with Gasteiger partial charge in [-0.1, -0.05) is 18.6 Å². The number of aliphatic hydroxyl groups is 2. The molecule has 68 valence electrons. The van der Waals surface area contributed by atoms with Crippen LogP contribution in [0.15, 0.2) is 12.2 Å². The topological polar surface area (TPSA) is 40.5 Å². The second-order valence-corrected chi connectivity index (χ2v) is 4.15. The van der Waals surface area contributed by atoms with Gasteiger partial charge in [-0.3, -0.25) is 0 Å². The first-order chi connectivity index (χ1) is 5.78. The zero-order valence-corrected chi connectivity index (χ0v) is 7.24. The Morgan fingerprint density at radius 3 is 3.00 bits per heavy atom. The van der Waals surface area contributed by atoms with Gasteiger partial charge in [0.05, 0.1) is 12.7 Å². The summed E-state index contributed by atoms with van der Waals surface area (Å²) in [5.74, 6) is 0.305. The van der Waals surface area contributed by atoms with E-state index >= 15 is 0 Å². The Bertz CT molecular complexity index is 200. The van der Waals surface area contributed by atoms with Gasteiger partial charge in [-0.2, -0.15) is 0 Å². The SMILES string of the molecule is OCC12CC=CC(CCC1)C2O. The van der Waals surface area contributed by atoms with Crippen molar-refractivity contribution < 1.29 is 10.2 Å². The summed E-state index contributed by atoms with van der Waals surface area (Å²) < 4.78 is 0. The Hall–Kier alpha value is -0.340. The molecular formula is C10H16O2. The van der Waals surface area contributed by atoms with Crippen molar-refractivity contribution in [2.24, 2.45) is 11.3 Å². The van der Waals surface area contributed by atoms with Gasteiger partial charge in [-0.05, 0) is 19.3 Å². The van der Waals surface area contributed by atoms with Crippen molar-refractivity contribution in [1.82, 2.24) is 0 Å². The van der Waals surface area contributed by atoms with Crippen molar-refractivity contribution in [2.75, 3.05) is 6.61 Å². The molecule has 1 saturated carbocycles. The van der Waals surface area contributed by atoms with Crippen LogP contribution in [0.3, 0.4) is 0 Å². The van der Waals surface area contributed by atoms with Gasteiger partial charge in [0, 0.05) is 11.3 Å². The molecular weight excluding hydrogens is 152 g/mol. The third-order valence-corrected chi connectivity index (χ3v) is 3.47. The monoisotopic (exact) mass is 168 g/mol. The molecule has 12 heavy (non-hydrogen) atoms. The lowest BCUT2D eigenvalue weighted by Gasteiger charge is -2.45. The first kappa shape index (κ1) is 8.27. The van der Waals surface area contributed by atoms with Gasteiger partial charge in [-0.15, -0.1) is 0 Å². The van der Waals surface area contributed by atoms with Gasteiger partial charge in [0.1, 0.15) is 0 Å². The minimum Gasteiger partial charge on any atom is -0.396 e. The molecule has 2 nitrogen and oxygen atoms in total. The van der Waals surface area contributed by atoms with Crippen LogP contribution in [0.5, 0.6) is 0 Å². The van der Waals surface area contributed by atoms with Crippen LogP contribution in [0.4, 0.5) is 0 Å². The van der Waals surface area contributed by atoms with Crippen molar-refractivity contribution in [1.29, 1.82) is 0 Å². The molecule has 0 spiro atoms. The average molecular weight is 168 g/mol. The first-order valence-corrected chi connectivity index (χ1v) is 4.74. The summed E-state index contributed by atoms with van der Waals surface area (Å²) in [5, 5.41) is 19.2. The van der Waals surface area contributed by atoms with Crippen LogP contribution in [0, 0.1) is 11.3 Å². The van der Waals surface area contributed by atoms with Gasteiger partial charge in [-0.25, -0.2) is 0 Å². The summed E-state index contributed by atoms with van der Waals surface area (Å²) in [5.41, 5.74) is -0.197. The largest absolute Gasteiger partial charge is 0.396 e. The standard InChI is InChI=1S/C10H16O2/c11-7-10-5-1-3-8(9(10)12)4-2-6-10/h1,3,8-9,11-12H,2,4-7H2. The Balaban J connectivity index is 2.26. The molecule has 2 bridgehead atoms. The summed E-state index contributed by atoms with van der Waals surface area (Å²) in [6.07, 6.45) is 7.98. The minimum absolute atomic E-state index is 0.134. The summed E-state index contributed by atoms with van der Waals surface area (Å²) in [4.78, 5) is 0. The van der Waals surface area contributed by atoms with Crippen molar-refractivity contribution in [3.05, 3.63) is 12.2 Å². The van der Waals surface area contributed by atoms with Crippen LogP contribution in [-0.4, -0.2) is 22.9 Å². The summed E-state index contributed by atoms with van der Waals surface area (Å²) >= 11 is 0. The molecule has 2 heteroatoms. The number of hydrogen-bond donors (Lipinski definition) is 2. The lowest BCUT2D eigenvalue weighted by molar-refractivity contribution is -0.0732. The molecule has 0 aromatic heterocycles. The Morgan fingerprint density at radius 1 is 1.50 bits per heavy atom. The van der Waals surface area contributed by atoms with Crippen LogP contribution in [0.25, 0.3) is 0 Å². The number of hydrogen-bond acceptors (Lipinski definition) is 2. The van der Waals surface area contributed by atoms with E-state index in [0.29, 0.717) is 5.92 Å². The lowest BCUT2D eigenvalue weighted by atomic mass is 9.63. The van der Waals surface area contributed by atoms with E-state index in [4.69, 9.17) is 0 Å². The molecule has 3 atom stereocenters. The zero-order valence-electron chi connectivity index (χ0n) is 7.24. The predicted molar refractivity (Wildman–Crippen MR) is 46.6 cm³/mol. The highest BCUT2D eigenvalue weighted by atomic mass is 16.3. The van der Waals surface area contributed by atoms with E-state index in [1.807, 2.05) is 0 Å². The highest BCUT2D eigenvalue weighted by Crippen LogP contribution is 2.45. The summed E-state index contributed by atoms with van der Waals surface area (Å²) in [7, 11) is 0. The van der Waals surface area contributed by atoms with Gasteiger partial charge in [0.15, 0.2) is 0 Å². The molecule has 0 saturated heterocycles. The van der Waals surface area contributed by atoms with Gasteiger partial charge in [0.2, 0.25) is 0 Å². The van der Waals surface area contributed by atoms with E-state index in [1.165, 1.54) is 0 Å². The molecule has 0 radical (unpaired) electrons. The maximum atomic E-state index is 9.93. The molecule has 0 aromatic rings. The number of allylic oxidation sites excluding steroid dienone is 1. The van der Waals surface area contributed by atoms with Crippen LogP contribution in [-0.2, 0) is 0 Å². The normalized spacial score (nSPS) is 46.2. The highest BCUT2D eigenvalue weighted by Gasteiger charge is 2.44. The Morgan fingerprint density at radius 2 is 2.33 bits per heavy atom. The van der Waals surface area contributed by atoms with E-state index in [1.54, 1.807) is 0 Å². The maximum Gasteiger partial charge on any atom is 0.0683 e. The molecule has 2 aliphatic carbocycles. The smallest absolute Gasteiger partial charge is 0.0683 e. The minimum atomic E-state index is -0.304. The van der Waals surface area contributed by atoms with E-state index in [0.717, 1.165) is 25.7 Å². The molecule has 2 N–H and O–H groups in total. The molecule has 2 rings (SSSR count). The second kappa shape index (κ2) is 2.86. The number of aliphatic hydroxyl groups excluding tert-OH is 2. The zero-order chi connectivity index (χ0) is 8.60. The fourth-order valence-corrected chi connectivity index (χ4v) is 2.59. The van der Waals surface area contributed by atoms with Crippen LogP contribution >= 0.6 is 0 Å². The molecule has 0 heterocycles. The first-order valence-electron chi connectivity index (χ1n) is 4.74. The van der Waals surface area contributed by atoms with Gasteiger partial charge in [0.25, 0.3) is 0 Å². The van der Waals surface area contributed by atoms with Crippen LogP contribution in [0.2, 0.25) is 0 Å². The van der Waals surface area contributed by atoms with Crippen molar-refractivity contribution in [3.63, 3.8) is 0 Å². The maximum absolute atomic E-state index is 9.93.